The minimum atomic E-state index is 0.213. The summed E-state index contributed by atoms with van der Waals surface area (Å²) in [6, 6.07) is 2.02. The number of nitrogens with zero attached hydrogens (tertiary/aromatic N) is 4. The molecule has 134 valence electrons. The number of likely N-dealkylation sites (tertiary alicyclic amines) is 1. The summed E-state index contributed by atoms with van der Waals surface area (Å²) in [7, 11) is 0. The molecule has 3 rings (SSSR count). The zero-order valence-electron chi connectivity index (χ0n) is 14.4. The van der Waals surface area contributed by atoms with E-state index in [9.17, 15) is 4.79 Å². The van der Waals surface area contributed by atoms with Crippen LogP contribution in [0.25, 0.3) is 0 Å². The highest BCUT2D eigenvalue weighted by molar-refractivity contribution is 5.78. The Kier molecular flexibility index (Phi) is 6.23. The third kappa shape index (κ3) is 4.78. The van der Waals surface area contributed by atoms with Crippen LogP contribution in [0.4, 0.5) is 0 Å². The van der Waals surface area contributed by atoms with Gasteiger partial charge in [0, 0.05) is 57.7 Å². The second-order valence-electron chi connectivity index (χ2n) is 6.98. The topological polar surface area (TPSA) is 75.7 Å². The number of rotatable bonds is 6. The zero-order chi connectivity index (χ0) is 16.8. The number of amides is 1. The van der Waals surface area contributed by atoms with Crippen LogP contribution in [0.5, 0.6) is 0 Å². The van der Waals surface area contributed by atoms with Crippen LogP contribution in [-0.2, 0) is 11.2 Å². The van der Waals surface area contributed by atoms with Crippen LogP contribution in [0.1, 0.15) is 18.5 Å². The van der Waals surface area contributed by atoms with E-state index < -0.39 is 0 Å². The molecular weight excluding hydrogens is 306 g/mol. The molecule has 2 saturated heterocycles. The lowest BCUT2D eigenvalue weighted by Gasteiger charge is -2.37. The average molecular weight is 335 g/mol. The Bertz CT molecular complexity index is 499. The lowest BCUT2D eigenvalue weighted by molar-refractivity contribution is -0.134. The van der Waals surface area contributed by atoms with E-state index in [0.29, 0.717) is 12.5 Å². The Morgan fingerprint density at radius 3 is 2.75 bits per heavy atom. The van der Waals surface area contributed by atoms with Crippen LogP contribution in [-0.4, -0.2) is 94.9 Å². The number of nitrogens with one attached hydrogen (secondary N) is 1. The van der Waals surface area contributed by atoms with Gasteiger partial charge in [-0.15, -0.1) is 0 Å². The first kappa shape index (κ1) is 17.4. The van der Waals surface area contributed by atoms with Gasteiger partial charge in [-0.2, -0.15) is 5.10 Å². The summed E-state index contributed by atoms with van der Waals surface area (Å²) in [4.78, 5) is 19.2. The number of piperidine rings is 1. The molecule has 0 bridgehead atoms. The van der Waals surface area contributed by atoms with E-state index in [1.807, 2.05) is 11.0 Å². The number of piperazine rings is 1. The Hall–Kier alpha value is -1.44. The molecule has 1 amide bonds. The van der Waals surface area contributed by atoms with E-state index in [-0.39, 0.29) is 12.5 Å². The van der Waals surface area contributed by atoms with E-state index >= 15 is 0 Å². The molecule has 3 heterocycles. The summed E-state index contributed by atoms with van der Waals surface area (Å²) in [5, 5.41) is 16.0. The van der Waals surface area contributed by atoms with Gasteiger partial charge in [-0.3, -0.25) is 19.7 Å². The van der Waals surface area contributed by atoms with Gasteiger partial charge in [0.15, 0.2) is 0 Å². The highest BCUT2D eigenvalue weighted by atomic mass is 16.3. The van der Waals surface area contributed by atoms with Crippen molar-refractivity contribution in [1.29, 1.82) is 0 Å². The van der Waals surface area contributed by atoms with Crippen molar-refractivity contribution in [3.05, 3.63) is 18.0 Å². The van der Waals surface area contributed by atoms with Gasteiger partial charge >= 0.3 is 0 Å². The van der Waals surface area contributed by atoms with Crippen LogP contribution < -0.4 is 0 Å². The fourth-order valence-electron chi connectivity index (χ4n) is 3.77. The maximum atomic E-state index is 12.6. The summed E-state index contributed by atoms with van der Waals surface area (Å²) in [6.07, 6.45) is 5.04. The molecule has 0 aliphatic carbocycles. The Morgan fingerprint density at radius 2 is 2.04 bits per heavy atom. The normalized spacial score (nSPS) is 23.5. The Morgan fingerprint density at radius 1 is 1.25 bits per heavy atom. The summed E-state index contributed by atoms with van der Waals surface area (Å²) in [6.45, 7) is 6.95. The van der Waals surface area contributed by atoms with Gasteiger partial charge in [0.25, 0.3) is 0 Å². The lowest BCUT2D eigenvalue weighted by atomic mass is 9.93. The number of aliphatic hydroxyl groups is 1. The molecule has 0 radical (unpaired) electrons. The van der Waals surface area contributed by atoms with Gasteiger partial charge < -0.3 is 10.0 Å². The van der Waals surface area contributed by atoms with Gasteiger partial charge in [0.05, 0.1) is 13.2 Å². The van der Waals surface area contributed by atoms with Crippen molar-refractivity contribution in [2.45, 2.75) is 19.3 Å². The molecule has 2 N–H and O–H groups in total. The number of aromatic nitrogens is 2. The molecule has 7 nitrogen and oxygen atoms in total. The molecule has 24 heavy (non-hydrogen) atoms. The molecule has 2 fully saturated rings. The van der Waals surface area contributed by atoms with Crippen molar-refractivity contribution in [2.75, 3.05) is 59.0 Å². The Labute approximate surface area is 143 Å². The lowest BCUT2D eigenvalue weighted by Crippen LogP contribution is -2.51. The number of hydrogen-bond donors (Lipinski definition) is 2. The van der Waals surface area contributed by atoms with Gasteiger partial charge in [0.1, 0.15) is 0 Å². The largest absolute Gasteiger partial charge is 0.395 e. The summed E-state index contributed by atoms with van der Waals surface area (Å²) >= 11 is 0. The summed E-state index contributed by atoms with van der Waals surface area (Å²) in [5.41, 5.74) is 1.16. The van der Waals surface area contributed by atoms with E-state index in [2.05, 4.69) is 20.0 Å². The maximum absolute atomic E-state index is 12.6. The maximum Gasteiger partial charge on any atom is 0.236 e. The molecule has 7 heteroatoms. The zero-order valence-corrected chi connectivity index (χ0v) is 14.4. The third-order valence-corrected chi connectivity index (χ3v) is 5.18. The Balaban J connectivity index is 1.43. The van der Waals surface area contributed by atoms with Crippen molar-refractivity contribution >= 4 is 5.91 Å². The standard InChI is InChI=1S/C17H29N5O2/c23-11-10-20-6-8-21(9-7-20)14-17(24)22-5-1-2-15(13-22)12-16-3-4-18-19-16/h3-4,15,23H,1-2,5-14H2,(H,18,19). The number of hydrogen-bond acceptors (Lipinski definition) is 5. The average Bonchev–Trinajstić information content (AvgIpc) is 3.10. The van der Waals surface area contributed by atoms with Gasteiger partial charge in [-0.05, 0) is 31.2 Å². The number of aromatic amines is 1. The van der Waals surface area contributed by atoms with Crippen LogP contribution in [0.3, 0.4) is 0 Å². The molecular formula is C17H29N5O2. The molecule has 2 aliphatic heterocycles. The fourth-order valence-corrected chi connectivity index (χ4v) is 3.77. The first-order valence-electron chi connectivity index (χ1n) is 9.06. The molecule has 0 spiro atoms. The van der Waals surface area contributed by atoms with Crippen LogP contribution in [0.15, 0.2) is 12.3 Å². The van der Waals surface area contributed by atoms with Gasteiger partial charge in [-0.25, -0.2) is 0 Å². The van der Waals surface area contributed by atoms with Crippen LogP contribution >= 0.6 is 0 Å². The second kappa shape index (κ2) is 8.60. The molecule has 2 aliphatic rings. The predicted molar refractivity (Wildman–Crippen MR) is 91.6 cm³/mol. The van der Waals surface area contributed by atoms with Crippen molar-refractivity contribution in [2.24, 2.45) is 5.92 Å². The van der Waals surface area contributed by atoms with Crippen molar-refractivity contribution in [3.8, 4) is 0 Å². The number of β-amino-alcohol motifs (C(OH)–C–C–N with tert-alkyl or cyclic N) is 1. The second-order valence-corrected chi connectivity index (χ2v) is 6.98. The highest BCUT2D eigenvalue weighted by Gasteiger charge is 2.26. The number of carbonyl (C=O) groups is 1. The summed E-state index contributed by atoms with van der Waals surface area (Å²) in [5.74, 6) is 0.796. The summed E-state index contributed by atoms with van der Waals surface area (Å²) < 4.78 is 0. The van der Waals surface area contributed by atoms with Crippen molar-refractivity contribution < 1.29 is 9.90 Å². The minimum Gasteiger partial charge on any atom is -0.395 e. The van der Waals surface area contributed by atoms with E-state index in [1.54, 1.807) is 6.20 Å². The minimum absolute atomic E-state index is 0.213. The van der Waals surface area contributed by atoms with E-state index in [0.717, 1.165) is 64.3 Å². The molecule has 0 saturated carbocycles. The SMILES string of the molecule is O=C(CN1CCN(CCO)CC1)N1CCCC(Cc2ccn[nH]2)C1. The number of carbonyl (C=O) groups excluding carboxylic acids is 1. The van der Waals surface area contributed by atoms with Crippen LogP contribution in [0, 0.1) is 5.92 Å². The van der Waals surface area contributed by atoms with E-state index in [1.165, 1.54) is 6.42 Å². The number of H-pyrrole nitrogens is 1. The molecule has 1 unspecified atom stereocenters. The van der Waals surface area contributed by atoms with Crippen molar-refractivity contribution in [3.63, 3.8) is 0 Å². The van der Waals surface area contributed by atoms with Crippen LogP contribution in [0.2, 0.25) is 0 Å². The fraction of sp³-hybridized carbons (Fsp3) is 0.765. The monoisotopic (exact) mass is 335 g/mol. The van der Waals surface area contributed by atoms with Crippen molar-refractivity contribution in [1.82, 2.24) is 24.9 Å². The first-order chi connectivity index (χ1) is 11.7. The molecule has 1 aromatic rings. The predicted octanol–water partition coefficient (Wildman–Crippen LogP) is -0.199. The first-order valence-corrected chi connectivity index (χ1v) is 9.06. The smallest absolute Gasteiger partial charge is 0.236 e. The number of aliphatic hydroxyl groups excluding tert-OH is 1. The van der Waals surface area contributed by atoms with Gasteiger partial charge in [-0.1, -0.05) is 0 Å². The molecule has 1 aromatic heterocycles. The molecule has 0 aromatic carbocycles. The van der Waals surface area contributed by atoms with E-state index in [4.69, 9.17) is 5.11 Å². The quantitative estimate of drug-likeness (QED) is 0.753. The third-order valence-electron chi connectivity index (χ3n) is 5.18. The van der Waals surface area contributed by atoms with Gasteiger partial charge in [0.2, 0.25) is 5.91 Å². The highest BCUT2D eigenvalue weighted by Crippen LogP contribution is 2.20. The molecule has 1 atom stereocenters.